The third kappa shape index (κ3) is 2.47. The van der Waals surface area contributed by atoms with Gasteiger partial charge in [0.25, 0.3) is 0 Å². The summed E-state index contributed by atoms with van der Waals surface area (Å²) >= 11 is 0. The first-order chi connectivity index (χ1) is 13.5. The van der Waals surface area contributed by atoms with Crippen molar-refractivity contribution in [1.82, 2.24) is 4.98 Å². The van der Waals surface area contributed by atoms with Crippen LogP contribution in [0.1, 0.15) is 11.3 Å². The molecule has 0 aliphatic heterocycles. The summed E-state index contributed by atoms with van der Waals surface area (Å²) in [6.07, 6.45) is 2.07. The Morgan fingerprint density at radius 2 is 1.54 bits per heavy atom. The normalized spacial score (nSPS) is 11.6. The lowest BCUT2D eigenvalue weighted by atomic mass is 9.92. The van der Waals surface area contributed by atoms with Crippen molar-refractivity contribution in [2.45, 2.75) is 13.8 Å². The van der Waals surface area contributed by atoms with Crippen LogP contribution in [0, 0.1) is 19.7 Å². The van der Waals surface area contributed by atoms with Crippen LogP contribution in [0.4, 0.5) is 4.39 Å². The molecule has 0 unspecified atom stereocenters. The molecule has 3 heteroatoms. The van der Waals surface area contributed by atoms with E-state index < -0.39 is 0 Å². The molecule has 0 aliphatic rings. The predicted octanol–water partition coefficient (Wildman–Crippen LogP) is 5.79. The maximum absolute atomic E-state index is 13.4. The molecule has 28 heavy (non-hydrogen) atoms. The fourth-order valence-electron chi connectivity index (χ4n) is 4.30. The number of rotatable bonds is 1. The number of hydrogen-bond donors (Lipinski definition) is 0. The van der Waals surface area contributed by atoms with Gasteiger partial charge < -0.3 is 0 Å². The molecule has 136 valence electrons. The van der Waals surface area contributed by atoms with Crippen LogP contribution >= 0.6 is 0 Å². The van der Waals surface area contributed by atoms with Gasteiger partial charge in [-0.2, -0.15) is 4.57 Å². The molecule has 2 nitrogen and oxygen atoms in total. The van der Waals surface area contributed by atoms with Gasteiger partial charge in [-0.05, 0) is 59.5 Å². The van der Waals surface area contributed by atoms with E-state index in [4.69, 9.17) is 4.98 Å². The Balaban J connectivity index is 1.99. The van der Waals surface area contributed by atoms with Crippen LogP contribution in [0.15, 0.2) is 66.9 Å². The Morgan fingerprint density at radius 3 is 2.29 bits per heavy atom. The van der Waals surface area contributed by atoms with Gasteiger partial charge in [0.05, 0.1) is 5.39 Å². The molecule has 0 N–H and O–H groups in total. The smallest absolute Gasteiger partial charge is 0.239 e. The first-order valence-corrected chi connectivity index (χ1v) is 9.41. The first-order valence-electron chi connectivity index (χ1n) is 9.41. The number of nitrogens with zero attached hydrogens (tertiary/aromatic N) is 2. The third-order valence-electron chi connectivity index (χ3n) is 5.47. The summed E-state index contributed by atoms with van der Waals surface area (Å²) in [4.78, 5) is 4.88. The van der Waals surface area contributed by atoms with E-state index in [0.29, 0.717) is 0 Å². The minimum atomic E-state index is -0.217. The molecule has 1 heterocycles. The summed E-state index contributed by atoms with van der Waals surface area (Å²) in [6, 6.07) is 19.5. The standard InChI is InChI=1S/C25H20FN2/c1-15-12-18(17-8-10-19(26)11-9-17)13-22-20-6-4-5-7-21(20)24-25(23(15)22)28(3)14-16(2)27-24/h4-14H,1-3H3/q+1. The monoisotopic (exact) mass is 367 g/mol. The second-order valence-corrected chi connectivity index (χ2v) is 7.46. The van der Waals surface area contributed by atoms with E-state index in [1.807, 2.05) is 19.1 Å². The van der Waals surface area contributed by atoms with Gasteiger partial charge in [-0.3, -0.25) is 0 Å². The Morgan fingerprint density at radius 1 is 0.821 bits per heavy atom. The van der Waals surface area contributed by atoms with E-state index in [2.05, 4.69) is 61.1 Å². The lowest BCUT2D eigenvalue weighted by Gasteiger charge is -2.13. The van der Waals surface area contributed by atoms with E-state index in [-0.39, 0.29) is 5.82 Å². The van der Waals surface area contributed by atoms with Crippen molar-refractivity contribution in [3.05, 3.63) is 83.9 Å². The fourth-order valence-corrected chi connectivity index (χ4v) is 4.30. The van der Waals surface area contributed by atoms with Crippen LogP contribution < -0.4 is 4.57 Å². The number of benzene rings is 4. The summed E-state index contributed by atoms with van der Waals surface area (Å²) in [5.74, 6) is -0.217. The van der Waals surface area contributed by atoms with Crippen LogP contribution in [0.5, 0.6) is 0 Å². The Bertz CT molecular complexity index is 1390. The van der Waals surface area contributed by atoms with Gasteiger partial charge in [-0.15, -0.1) is 0 Å². The van der Waals surface area contributed by atoms with Crippen LogP contribution in [0.2, 0.25) is 0 Å². The van der Waals surface area contributed by atoms with Gasteiger partial charge in [0.15, 0.2) is 6.20 Å². The zero-order chi connectivity index (χ0) is 19.4. The van der Waals surface area contributed by atoms with Crippen LogP contribution in [-0.2, 0) is 7.05 Å². The lowest BCUT2D eigenvalue weighted by molar-refractivity contribution is -0.644. The van der Waals surface area contributed by atoms with Crippen LogP contribution in [-0.4, -0.2) is 4.98 Å². The highest BCUT2D eigenvalue weighted by atomic mass is 19.1. The highest BCUT2D eigenvalue weighted by molar-refractivity contribution is 6.23. The van der Waals surface area contributed by atoms with E-state index in [0.717, 1.165) is 33.2 Å². The molecule has 0 saturated heterocycles. The molecule has 5 aromatic rings. The van der Waals surface area contributed by atoms with Gasteiger partial charge in [-0.25, -0.2) is 9.37 Å². The molecule has 0 bridgehead atoms. The number of halogens is 1. The molecule has 0 spiro atoms. The zero-order valence-corrected chi connectivity index (χ0v) is 16.1. The Labute approximate surface area is 162 Å². The SMILES string of the molecule is Cc1c[n+](C)c2c(n1)c1ccccc1c1cc(-c3ccc(F)cc3)cc(C)c12. The van der Waals surface area contributed by atoms with Gasteiger partial charge in [0.1, 0.15) is 24.1 Å². The van der Waals surface area contributed by atoms with Gasteiger partial charge in [0.2, 0.25) is 5.52 Å². The zero-order valence-electron chi connectivity index (χ0n) is 16.1. The van der Waals surface area contributed by atoms with E-state index >= 15 is 0 Å². The first kappa shape index (κ1) is 16.8. The molecule has 0 aliphatic carbocycles. The van der Waals surface area contributed by atoms with E-state index in [1.165, 1.54) is 33.9 Å². The van der Waals surface area contributed by atoms with Crippen molar-refractivity contribution in [1.29, 1.82) is 0 Å². The number of aromatic nitrogens is 2. The average Bonchev–Trinajstić information content (AvgIpc) is 2.68. The van der Waals surface area contributed by atoms with Crippen molar-refractivity contribution in [2.75, 3.05) is 0 Å². The summed E-state index contributed by atoms with van der Waals surface area (Å²) < 4.78 is 15.6. The summed E-state index contributed by atoms with van der Waals surface area (Å²) in [5, 5.41) is 4.76. The second-order valence-electron chi connectivity index (χ2n) is 7.46. The van der Waals surface area contributed by atoms with Crippen molar-refractivity contribution in [3.8, 4) is 11.1 Å². The summed E-state index contributed by atoms with van der Waals surface area (Å²) in [5.41, 5.74) is 6.47. The van der Waals surface area contributed by atoms with E-state index in [1.54, 1.807) is 0 Å². The molecule has 0 fully saturated rings. The number of aryl methyl sites for hydroxylation is 3. The second kappa shape index (κ2) is 6.10. The minimum absolute atomic E-state index is 0.217. The molecule has 5 rings (SSSR count). The maximum atomic E-state index is 13.4. The molecule has 0 atom stereocenters. The van der Waals surface area contributed by atoms with Crippen LogP contribution in [0.3, 0.4) is 0 Å². The third-order valence-corrected chi connectivity index (χ3v) is 5.47. The molecular weight excluding hydrogens is 347 g/mol. The Kier molecular flexibility index (Phi) is 3.66. The number of fused-ring (bicyclic) bond motifs is 6. The topological polar surface area (TPSA) is 16.8 Å². The van der Waals surface area contributed by atoms with Gasteiger partial charge in [0, 0.05) is 5.39 Å². The van der Waals surface area contributed by atoms with Crippen molar-refractivity contribution in [2.24, 2.45) is 7.05 Å². The van der Waals surface area contributed by atoms with Crippen molar-refractivity contribution < 1.29 is 8.96 Å². The van der Waals surface area contributed by atoms with Crippen LogP contribution in [0.25, 0.3) is 43.7 Å². The highest BCUT2D eigenvalue weighted by Crippen LogP contribution is 2.37. The lowest BCUT2D eigenvalue weighted by Crippen LogP contribution is -2.30. The number of hydrogen-bond acceptors (Lipinski definition) is 1. The molecule has 4 aromatic carbocycles. The summed E-state index contributed by atoms with van der Waals surface area (Å²) in [7, 11) is 2.08. The largest absolute Gasteiger partial charge is 0.240 e. The minimum Gasteiger partial charge on any atom is -0.240 e. The van der Waals surface area contributed by atoms with Crippen molar-refractivity contribution in [3.63, 3.8) is 0 Å². The molecule has 1 aromatic heterocycles. The fraction of sp³-hybridized carbons (Fsp3) is 0.120. The quantitative estimate of drug-likeness (QED) is 0.271. The molecule has 0 amide bonds. The Hall–Kier alpha value is -3.33. The van der Waals surface area contributed by atoms with Gasteiger partial charge >= 0.3 is 0 Å². The average molecular weight is 367 g/mol. The molecule has 0 radical (unpaired) electrons. The molecule has 0 saturated carbocycles. The maximum Gasteiger partial charge on any atom is 0.239 e. The predicted molar refractivity (Wildman–Crippen MR) is 113 cm³/mol. The molecular formula is C25H20FN2+. The van der Waals surface area contributed by atoms with Crippen molar-refractivity contribution >= 4 is 32.6 Å². The van der Waals surface area contributed by atoms with E-state index in [9.17, 15) is 4.39 Å². The summed E-state index contributed by atoms with van der Waals surface area (Å²) in [6.45, 7) is 4.17. The van der Waals surface area contributed by atoms with Gasteiger partial charge in [-0.1, -0.05) is 42.5 Å². The highest BCUT2D eigenvalue weighted by Gasteiger charge is 2.19.